The summed E-state index contributed by atoms with van der Waals surface area (Å²) in [5.41, 5.74) is 5.31. The van der Waals surface area contributed by atoms with Gasteiger partial charge in [0.05, 0.1) is 17.8 Å². The topological polar surface area (TPSA) is 81.6 Å². The highest BCUT2D eigenvalue weighted by Gasteiger charge is 2.28. The number of imidazole rings is 1. The van der Waals surface area contributed by atoms with Gasteiger partial charge in [0, 0.05) is 10.9 Å². The molecule has 5 rings (SSSR count). The van der Waals surface area contributed by atoms with Crippen molar-refractivity contribution in [3.63, 3.8) is 0 Å². The Bertz CT molecular complexity index is 1620. The van der Waals surface area contributed by atoms with Crippen LogP contribution in [0.4, 0.5) is 10.3 Å². The van der Waals surface area contributed by atoms with E-state index in [0.717, 1.165) is 39.6 Å². The number of nitrogens with zero attached hydrogens (tertiary/aromatic N) is 1. The van der Waals surface area contributed by atoms with E-state index in [-0.39, 0.29) is 17.5 Å². The predicted molar refractivity (Wildman–Crippen MR) is 147 cm³/mol. The maximum absolute atomic E-state index is 14.3. The lowest BCUT2D eigenvalue weighted by atomic mass is 9.82. The molecule has 5 aromatic rings. The van der Waals surface area contributed by atoms with Crippen molar-refractivity contribution in [2.24, 2.45) is 0 Å². The number of fused-ring (bicyclic) bond motifs is 1. The van der Waals surface area contributed by atoms with Crippen LogP contribution in [0.25, 0.3) is 22.0 Å². The van der Waals surface area contributed by atoms with Crippen LogP contribution in [-0.4, -0.2) is 21.6 Å². The predicted octanol–water partition coefficient (Wildman–Crippen LogP) is 7.03. The molecule has 0 saturated heterocycles. The zero-order chi connectivity index (χ0) is 25.9. The van der Waals surface area contributed by atoms with Gasteiger partial charge in [0.2, 0.25) is 5.95 Å². The lowest BCUT2D eigenvalue weighted by Crippen LogP contribution is -2.29. The van der Waals surface area contributed by atoms with Crippen molar-refractivity contribution in [1.82, 2.24) is 9.97 Å². The highest BCUT2D eigenvalue weighted by atomic mass is 19.1. The van der Waals surface area contributed by atoms with Gasteiger partial charge >= 0.3 is 0 Å². The number of hydrogen-bond donors (Lipinski definition) is 3. The minimum absolute atomic E-state index is 0.0691. The molecule has 3 N–H and O–H groups in total. The number of rotatable bonds is 7. The van der Waals surface area contributed by atoms with E-state index in [9.17, 15) is 9.18 Å². The zero-order valence-electron chi connectivity index (χ0n) is 20.7. The van der Waals surface area contributed by atoms with E-state index in [1.54, 1.807) is 24.4 Å². The van der Waals surface area contributed by atoms with Crippen LogP contribution in [-0.2, 0) is 11.2 Å². The monoisotopic (exact) mass is 490 g/mol. The quantitative estimate of drug-likeness (QED) is 0.214. The SMILES string of the molecule is CCc1ccccc1C(C(=N)C(=O)Nc1ncc(-c2ccc(F)c3ccccc23)[nH]1)c1ccccc1C. The first kappa shape index (κ1) is 24.1. The average molecular weight is 491 g/mol. The molecule has 1 unspecified atom stereocenters. The third-order valence-corrected chi connectivity index (χ3v) is 6.75. The lowest BCUT2D eigenvalue weighted by Gasteiger charge is -2.23. The summed E-state index contributed by atoms with van der Waals surface area (Å²) in [6.07, 6.45) is 2.39. The normalized spacial score (nSPS) is 11.9. The fourth-order valence-corrected chi connectivity index (χ4v) is 4.85. The van der Waals surface area contributed by atoms with Crippen LogP contribution in [0.2, 0.25) is 0 Å². The number of amides is 1. The molecule has 0 saturated carbocycles. The number of aromatic amines is 1. The van der Waals surface area contributed by atoms with Crippen LogP contribution in [0, 0.1) is 18.2 Å². The Kier molecular flexibility index (Phi) is 6.64. The van der Waals surface area contributed by atoms with Gasteiger partial charge in [0.1, 0.15) is 11.5 Å². The zero-order valence-corrected chi connectivity index (χ0v) is 20.7. The van der Waals surface area contributed by atoms with Gasteiger partial charge in [-0.15, -0.1) is 0 Å². The van der Waals surface area contributed by atoms with Crippen LogP contribution < -0.4 is 5.32 Å². The summed E-state index contributed by atoms with van der Waals surface area (Å²) in [5, 5.41) is 13.0. The molecule has 0 fully saturated rings. The van der Waals surface area contributed by atoms with Gasteiger partial charge in [0.25, 0.3) is 5.91 Å². The molecular formula is C31H27FN4O. The Morgan fingerprint density at radius 2 is 1.62 bits per heavy atom. The number of anilines is 1. The standard InChI is InChI=1S/C31H27FN4O/c1-3-20-11-5-7-13-22(20)28(21-12-6-4-10-19(21)2)29(33)30(37)36-31-34-18-27(35-31)25-16-17-26(32)24-15-9-8-14-23(24)25/h4-18,28,33H,3H2,1-2H3,(H2,34,35,36,37). The molecule has 0 aliphatic rings. The molecule has 0 bridgehead atoms. The molecule has 0 spiro atoms. The highest BCUT2D eigenvalue weighted by Crippen LogP contribution is 2.32. The second kappa shape index (κ2) is 10.2. The maximum atomic E-state index is 14.3. The summed E-state index contributed by atoms with van der Waals surface area (Å²) in [5.74, 6) is -1.13. The van der Waals surface area contributed by atoms with E-state index in [1.807, 2.05) is 67.6 Å². The van der Waals surface area contributed by atoms with E-state index >= 15 is 0 Å². The third kappa shape index (κ3) is 4.66. The molecule has 184 valence electrons. The van der Waals surface area contributed by atoms with E-state index in [1.165, 1.54) is 6.07 Å². The fourth-order valence-electron chi connectivity index (χ4n) is 4.85. The number of hydrogen-bond acceptors (Lipinski definition) is 3. The molecule has 1 atom stereocenters. The van der Waals surface area contributed by atoms with E-state index in [4.69, 9.17) is 5.41 Å². The minimum atomic E-state index is -0.538. The van der Waals surface area contributed by atoms with Crippen molar-refractivity contribution in [1.29, 1.82) is 5.41 Å². The number of aryl methyl sites for hydroxylation is 2. The van der Waals surface area contributed by atoms with Gasteiger partial charge in [-0.25, -0.2) is 9.37 Å². The summed E-state index contributed by atoms with van der Waals surface area (Å²) in [7, 11) is 0. The number of nitrogens with one attached hydrogen (secondary N) is 3. The fraction of sp³-hybridized carbons (Fsp3) is 0.129. The molecule has 5 nitrogen and oxygen atoms in total. The van der Waals surface area contributed by atoms with Gasteiger partial charge in [-0.1, -0.05) is 79.7 Å². The summed E-state index contributed by atoms with van der Waals surface area (Å²) in [6.45, 7) is 4.06. The Morgan fingerprint density at radius 3 is 2.38 bits per heavy atom. The first-order valence-electron chi connectivity index (χ1n) is 12.2. The van der Waals surface area contributed by atoms with Crippen molar-refractivity contribution < 1.29 is 9.18 Å². The third-order valence-electron chi connectivity index (χ3n) is 6.75. The van der Waals surface area contributed by atoms with Crippen LogP contribution in [0.3, 0.4) is 0 Å². The largest absolute Gasteiger partial charge is 0.324 e. The van der Waals surface area contributed by atoms with Gasteiger partial charge in [-0.2, -0.15) is 0 Å². The molecule has 6 heteroatoms. The average Bonchev–Trinajstić information content (AvgIpc) is 3.38. The molecule has 1 amide bonds. The summed E-state index contributed by atoms with van der Waals surface area (Å²) < 4.78 is 14.3. The number of benzene rings is 4. The number of aromatic nitrogens is 2. The molecular weight excluding hydrogens is 463 g/mol. The summed E-state index contributed by atoms with van der Waals surface area (Å²) >= 11 is 0. The van der Waals surface area contributed by atoms with Crippen molar-refractivity contribution in [2.75, 3.05) is 5.32 Å². The maximum Gasteiger partial charge on any atom is 0.272 e. The second-order valence-electron chi connectivity index (χ2n) is 9.00. The van der Waals surface area contributed by atoms with E-state index < -0.39 is 11.8 Å². The van der Waals surface area contributed by atoms with Crippen molar-refractivity contribution in [3.05, 3.63) is 119 Å². The van der Waals surface area contributed by atoms with E-state index in [2.05, 4.69) is 22.2 Å². The second-order valence-corrected chi connectivity index (χ2v) is 9.00. The Morgan fingerprint density at radius 1 is 0.946 bits per heavy atom. The van der Waals surface area contributed by atoms with Gasteiger partial charge in [-0.3, -0.25) is 15.5 Å². The van der Waals surface area contributed by atoms with Crippen molar-refractivity contribution in [2.45, 2.75) is 26.2 Å². The summed E-state index contributed by atoms with van der Waals surface area (Å²) in [4.78, 5) is 20.8. The van der Waals surface area contributed by atoms with Gasteiger partial charge in [-0.05, 0) is 53.1 Å². The Hall–Kier alpha value is -4.58. The van der Waals surface area contributed by atoms with Gasteiger partial charge in [0.15, 0.2) is 0 Å². The number of halogens is 1. The molecule has 1 heterocycles. The van der Waals surface area contributed by atoms with Crippen LogP contribution in [0.1, 0.15) is 35.1 Å². The molecule has 0 aliphatic carbocycles. The van der Waals surface area contributed by atoms with Crippen LogP contribution in [0.5, 0.6) is 0 Å². The highest BCUT2D eigenvalue weighted by molar-refractivity contribution is 6.44. The van der Waals surface area contributed by atoms with Gasteiger partial charge < -0.3 is 4.98 Å². The van der Waals surface area contributed by atoms with Crippen molar-refractivity contribution in [3.8, 4) is 11.3 Å². The molecule has 0 radical (unpaired) electrons. The molecule has 4 aromatic carbocycles. The number of H-pyrrole nitrogens is 1. The van der Waals surface area contributed by atoms with E-state index in [0.29, 0.717) is 11.1 Å². The van der Waals surface area contributed by atoms with Crippen molar-refractivity contribution >= 4 is 28.3 Å². The first-order chi connectivity index (χ1) is 18.0. The molecule has 0 aliphatic heterocycles. The molecule has 37 heavy (non-hydrogen) atoms. The number of carbonyl (C=O) groups is 1. The molecule has 1 aromatic heterocycles. The minimum Gasteiger partial charge on any atom is -0.324 e. The van der Waals surface area contributed by atoms with Crippen LogP contribution >= 0.6 is 0 Å². The lowest BCUT2D eigenvalue weighted by molar-refractivity contribution is -0.110. The smallest absolute Gasteiger partial charge is 0.272 e. The van der Waals surface area contributed by atoms with Crippen LogP contribution in [0.15, 0.2) is 91.1 Å². The Balaban J connectivity index is 1.46. The number of carbonyl (C=O) groups excluding carboxylic acids is 1. The Labute approximate surface area is 214 Å². The first-order valence-corrected chi connectivity index (χ1v) is 12.2. The summed E-state index contributed by atoms with van der Waals surface area (Å²) in [6, 6.07) is 26.1.